The van der Waals surface area contributed by atoms with Gasteiger partial charge in [0.25, 0.3) is 0 Å². The first kappa shape index (κ1) is 24.7. The summed E-state index contributed by atoms with van der Waals surface area (Å²) < 4.78 is 16.9. The highest BCUT2D eigenvalue weighted by atomic mass is 16.7. The SMILES string of the molecule is CC(C)CC(=O)OCOc1ccc2c(c1)[C@]13CCCC[C@@H]1[C@H](C2)N(C(=O)OCc1ccccc1)CC3. The molecule has 0 N–H and O–H groups in total. The Bertz CT molecular complexity index is 1080. The van der Waals surface area contributed by atoms with Crippen molar-refractivity contribution in [2.24, 2.45) is 11.8 Å². The Balaban J connectivity index is 1.31. The number of carbonyl (C=O) groups is 2. The number of piperidine rings is 1. The second-order valence-electron chi connectivity index (χ2n) is 11.0. The Hall–Kier alpha value is -3.02. The lowest BCUT2D eigenvalue weighted by Crippen LogP contribution is -2.62. The zero-order chi connectivity index (χ0) is 25.1. The molecule has 36 heavy (non-hydrogen) atoms. The molecule has 1 saturated heterocycles. The maximum atomic E-state index is 13.2. The summed E-state index contributed by atoms with van der Waals surface area (Å²) in [5.74, 6) is 1.20. The molecule has 2 aromatic carbocycles. The largest absolute Gasteiger partial charge is 0.457 e. The van der Waals surface area contributed by atoms with E-state index in [-0.39, 0.29) is 36.2 Å². The molecule has 0 radical (unpaired) electrons. The van der Waals surface area contributed by atoms with E-state index >= 15 is 0 Å². The van der Waals surface area contributed by atoms with Crippen LogP contribution in [0.4, 0.5) is 4.79 Å². The number of esters is 1. The van der Waals surface area contributed by atoms with Gasteiger partial charge in [-0.05, 0) is 66.3 Å². The van der Waals surface area contributed by atoms with Gasteiger partial charge >= 0.3 is 12.1 Å². The van der Waals surface area contributed by atoms with Gasteiger partial charge < -0.3 is 19.1 Å². The van der Waals surface area contributed by atoms with Crippen molar-refractivity contribution < 1.29 is 23.8 Å². The van der Waals surface area contributed by atoms with Crippen LogP contribution in [0.2, 0.25) is 0 Å². The zero-order valence-electron chi connectivity index (χ0n) is 21.4. The maximum absolute atomic E-state index is 13.2. The molecule has 0 unspecified atom stereocenters. The number of nitrogens with zero attached hydrogens (tertiary/aromatic N) is 1. The molecule has 0 aromatic heterocycles. The normalized spacial score (nSPS) is 24.5. The van der Waals surface area contributed by atoms with Crippen LogP contribution in [-0.2, 0) is 32.7 Å². The molecule has 1 heterocycles. The maximum Gasteiger partial charge on any atom is 0.410 e. The van der Waals surface area contributed by atoms with Gasteiger partial charge in [-0.1, -0.05) is 63.1 Å². The van der Waals surface area contributed by atoms with Gasteiger partial charge in [-0.3, -0.25) is 4.79 Å². The lowest BCUT2D eigenvalue weighted by Gasteiger charge is -2.58. The number of rotatable bonds is 7. The third-order valence-corrected chi connectivity index (χ3v) is 8.27. The van der Waals surface area contributed by atoms with Gasteiger partial charge in [0.1, 0.15) is 12.4 Å². The molecule has 2 bridgehead atoms. The summed E-state index contributed by atoms with van der Waals surface area (Å²) in [5.41, 5.74) is 3.74. The van der Waals surface area contributed by atoms with Gasteiger partial charge in [-0.25, -0.2) is 4.79 Å². The number of likely N-dealkylation sites (tertiary alicyclic amines) is 1. The third-order valence-electron chi connectivity index (χ3n) is 8.27. The van der Waals surface area contributed by atoms with E-state index in [0.29, 0.717) is 25.5 Å². The van der Waals surface area contributed by atoms with E-state index in [9.17, 15) is 9.59 Å². The Morgan fingerprint density at radius 1 is 1.06 bits per heavy atom. The van der Waals surface area contributed by atoms with E-state index in [1.807, 2.05) is 55.1 Å². The second kappa shape index (κ2) is 10.5. The molecule has 5 rings (SSSR count). The van der Waals surface area contributed by atoms with Crippen molar-refractivity contribution in [3.63, 3.8) is 0 Å². The highest BCUT2D eigenvalue weighted by Crippen LogP contribution is 2.56. The topological polar surface area (TPSA) is 65.1 Å². The molecule has 3 atom stereocenters. The van der Waals surface area contributed by atoms with E-state index in [1.165, 1.54) is 24.0 Å². The van der Waals surface area contributed by atoms with Crippen LogP contribution in [0.5, 0.6) is 5.75 Å². The predicted molar refractivity (Wildman–Crippen MR) is 137 cm³/mol. The van der Waals surface area contributed by atoms with Gasteiger partial charge in [-0.2, -0.15) is 0 Å². The predicted octanol–water partition coefficient (Wildman–Crippen LogP) is 6.01. The number of amides is 1. The van der Waals surface area contributed by atoms with Gasteiger partial charge in [0, 0.05) is 24.4 Å². The number of benzene rings is 2. The quantitative estimate of drug-likeness (QED) is 0.351. The van der Waals surface area contributed by atoms with E-state index < -0.39 is 0 Å². The van der Waals surface area contributed by atoms with Crippen LogP contribution in [0.25, 0.3) is 0 Å². The fraction of sp³-hybridized carbons (Fsp3) is 0.533. The molecule has 1 saturated carbocycles. The number of hydrogen-bond donors (Lipinski definition) is 0. The van der Waals surface area contributed by atoms with Crippen molar-refractivity contribution >= 4 is 12.1 Å². The van der Waals surface area contributed by atoms with Crippen molar-refractivity contribution in [3.05, 3.63) is 65.2 Å². The number of hydrogen-bond acceptors (Lipinski definition) is 5. The second-order valence-corrected chi connectivity index (χ2v) is 11.0. The molecule has 6 heteroatoms. The highest BCUT2D eigenvalue weighted by Gasteiger charge is 2.55. The molecule has 2 aromatic rings. The van der Waals surface area contributed by atoms with Crippen molar-refractivity contribution in [2.75, 3.05) is 13.3 Å². The average Bonchev–Trinajstić information content (AvgIpc) is 2.88. The molecular formula is C30H37NO5. The first-order valence-electron chi connectivity index (χ1n) is 13.4. The fourth-order valence-corrected chi connectivity index (χ4v) is 6.66. The van der Waals surface area contributed by atoms with Gasteiger partial charge in [0.2, 0.25) is 6.79 Å². The van der Waals surface area contributed by atoms with E-state index in [4.69, 9.17) is 14.2 Å². The molecule has 0 spiro atoms. The first-order chi connectivity index (χ1) is 17.5. The van der Waals surface area contributed by atoms with Gasteiger partial charge in [0.15, 0.2) is 0 Å². The minimum atomic E-state index is -0.233. The number of fused-ring (bicyclic) bond motifs is 1. The lowest BCUT2D eigenvalue weighted by molar-refractivity contribution is -0.151. The van der Waals surface area contributed by atoms with Crippen LogP contribution >= 0.6 is 0 Å². The Morgan fingerprint density at radius 2 is 1.89 bits per heavy atom. The first-order valence-corrected chi connectivity index (χ1v) is 13.4. The summed E-state index contributed by atoms with van der Waals surface area (Å²) in [4.78, 5) is 27.1. The minimum Gasteiger partial charge on any atom is -0.457 e. The number of ether oxygens (including phenoxy) is 3. The summed E-state index contributed by atoms with van der Waals surface area (Å²) in [5, 5.41) is 0. The molecule has 2 aliphatic carbocycles. The lowest BCUT2D eigenvalue weighted by atomic mass is 9.52. The summed E-state index contributed by atoms with van der Waals surface area (Å²) in [7, 11) is 0. The fourth-order valence-electron chi connectivity index (χ4n) is 6.66. The van der Waals surface area contributed by atoms with Crippen LogP contribution in [0.1, 0.15) is 69.1 Å². The monoisotopic (exact) mass is 491 g/mol. The molecular weight excluding hydrogens is 454 g/mol. The summed E-state index contributed by atoms with van der Waals surface area (Å²) >= 11 is 0. The van der Waals surface area contributed by atoms with Crippen LogP contribution in [0.15, 0.2) is 48.5 Å². The summed E-state index contributed by atoms with van der Waals surface area (Å²) in [6.45, 7) is 4.94. The van der Waals surface area contributed by atoms with Crippen molar-refractivity contribution in [1.82, 2.24) is 4.90 Å². The van der Waals surface area contributed by atoms with Crippen LogP contribution in [0, 0.1) is 11.8 Å². The Kier molecular flexibility index (Phi) is 7.22. The van der Waals surface area contributed by atoms with E-state index in [0.717, 1.165) is 37.0 Å². The van der Waals surface area contributed by atoms with Crippen molar-refractivity contribution in [1.29, 1.82) is 0 Å². The van der Waals surface area contributed by atoms with Gasteiger partial charge in [0.05, 0.1) is 0 Å². The van der Waals surface area contributed by atoms with Crippen LogP contribution in [-0.4, -0.2) is 36.3 Å². The molecule has 1 amide bonds. The molecule has 6 nitrogen and oxygen atoms in total. The molecule has 1 aliphatic heterocycles. The van der Waals surface area contributed by atoms with Crippen molar-refractivity contribution in [3.8, 4) is 5.75 Å². The van der Waals surface area contributed by atoms with E-state index in [2.05, 4.69) is 12.1 Å². The van der Waals surface area contributed by atoms with E-state index in [1.54, 1.807) is 0 Å². The zero-order valence-corrected chi connectivity index (χ0v) is 21.4. The Labute approximate surface area is 213 Å². The average molecular weight is 492 g/mol. The smallest absolute Gasteiger partial charge is 0.410 e. The van der Waals surface area contributed by atoms with Crippen LogP contribution < -0.4 is 4.74 Å². The summed E-state index contributed by atoms with van der Waals surface area (Å²) in [6, 6.07) is 16.3. The number of carbonyl (C=O) groups excluding carboxylic acids is 2. The molecule has 2 fully saturated rings. The molecule has 3 aliphatic rings. The minimum absolute atomic E-state index is 0.0651. The molecule has 192 valence electrons. The third kappa shape index (κ3) is 4.95. The highest BCUT2D eigenvalue weighted by molar-refractivity contribution is 5.69. The standard InChI is InChI=1S/C30H37NO5/c1-21(2)16-28(32)36-20-35-24-12-11-23-17-27-25-10-6-7-13-30(25,26(23)18-24)14-15-31(27)29(33)34-19-22-8-4-3-5-9-22/h3-5,8-9,11-12,18,21,25,27H,6-7,10,13-17,19-20H2,1-2H3/t25-,27+,30+/m1/s1. The van der Waals surface area contributed by atoms with Crippen molar-refractivity contribution in [2.45, 2.75) is 76.9 Å². The van der Waals surface area contributed by atoms with Crippen LogP contribution in [0.3, 0.4) is 0 Å². The van der Waals surface area contributed by atoms with Gasteiger partial charge in [-0.15, -0.1) is 0 Å². The summed E-state index contributed by atoms with van der Waals surface area (Å²) in [6.07, 6.45) is 6.65. The Morgan fingerprint density at radius 3 is 2.69 bits per heavy atom.